The lowest BCUT2D eigenvalue weighted by molar-refractivity contribution is 0.0944. The van der Waals surface area contributed by atoms with E-state index in [0.29, 0.717) is 37.1 Å². The molecule has 0 saturated heterocycles. The number of methoxy groups -OCH3 is 1. The average molecular weight is 408 g/mol. The second kappa shape index (κ2) is 10.6. The maximum atomic E-state index is 12.2. The summed E-state index contributed by atoms with van der Waals surface area (Å²) in [6, 6.07) is 18.3. The van der Waals surface area contributed by atoms with Gasteiger partial charge in [-0.25, -0.2) is 4.98 Å². The Morgan fingerprint density at radius 3 is 2.53 bits per heavy atom. The molecule has 6 nitrogen and oxygen atoms in total. The van der Waals surface area contributed by atoms with Gasteiger partial charge in [-0.2, -0.15) is 0 Å². The predicted molar refractivity (Wildman–Crippen MR) is 116 cm³/mol. The normalized spacial score (nSPS) is 11.1. The molecule has 0 atom stereocenters. The van der Waals surface area contributed by atoms with E-state index in [1.165, 1.54) is 11.8 Å². The van der Waals surface area contributed by atoms with Crippen LogP contribution in [0.1, 0.15) is 41.4 Å². The molecule has 158 valence electrons. The maximum absolute atomic E-state index is 12.2. The Labute approximate surface area is 177 Å². The van der Waals surface area contributed by atoms with Crippen LogP contribution in [0.25, 0.3) is 0 Å². The maximum Gasteiger partial charge on any atom is 0.273 e. The van der Waals surface area contributed by atoms with Crippen molar-refractivity contribution in [2.24, 2.45) is 5.92 Å². The van der Waals surface area contributed by atoms with Gasteiger partial charge in [0.25, 0.3) is 5.91 Å². The van der Waals surface area contributed by atoms with Crippen LogP contribution in [0.2, 0.25) is 0 Å². The molecule has 1 amide bonds. The summed E-state index contributed by atoms with van der Waals surface area (Å²) in [4.78, 5) is 18.9. The van der Waals surface area contributed by atoms with Crippen molar-refractivity contribution in [2.75, 3.05) is 13.7 Å². The van der Waals surface area contributed by atoms with Gasteiger partial charge in [-0.3, -0.25) is 9.69 Å². The number of hydrogen-bond acceptors (Lipinski definition) is 5. The molecule has 1 N–H and O–H groups in total. The molecule has 0 unspecified atom stereocenters. The molecule has 0 radical (unpaired) electrons. The number of rotatable bonds is 10. The Balaban J connectivity index is 1.72. The first-order chi connectivity index (χ1) is 14.5. The van der Waals surface area contributed by atoms with Crippen molar-refractivity contribution in [3.63, 3.8) is 0 Å². The molecule has 1 aromatic heterocycles. The molecule has 0 aliphatic rings. The molecule has 2 aromatic carbocycles. The molecule has 3 rings (SSSR count). The summed E-state index contributed by atoms with van der Waals surface area (Å²) in [5.41, 5.74) is 2.64. The smallest absolute Gasteiger partial charge is 0.273 e. The van der Waals surface area contributed by atoms with Crippen molar-refractivity contribution in [1.82, 2.24) is 15.2 Å². The van der Waals surface area contributed by atoms with E-state index in [4.69, 9.17) is 9.15 Å². The summed E-state index contributed by atoms with van der Waals surface area (Å²) in [7, 11) is 1.67. The number of nitrogens with zero attached hydrogens (tertiary/aromatic N) is 2. The van der Waals surface area contributed by atoms with Crippen LogP contribution in [0.3, 0.4) is 0 Å². The average Bonchev–Trinajstić information content (AvgIpc) is 3.21. The first-order valence-corrected chi connectivity index (χ1v) is 10.2. The number of oxazole rings is 1. The summed E-state index contributed by atoms with van der Waals surface area (Å²) >= 11 is 0. The van der Waals surface area contributed by atoms with Crippen LogP contribution in [0.4, 0.5) is 0 Å². The van der Waals surface area contributed by atoms with Gasteiger partial charge in [0.05, 0.1) is 13.7 Å². The second-order valence-corrected chi connectivity index (χ2v) is 7.71. The third-order valence-corrected chi connectivity index (χ3v) is 4.60. The summed E-state index contributed by atoms with van der Waals surface area (Å²) < 4.78 is 11.0. The van der Waals surface area contributed by atoms with Crippen molar-refractivity contribution < 1.29 is 13.9 Å². The third kappa shape index (κ3) is 6.46. The van der Waals surface area contributed by atoms with Gasteiger partial charge in [0, 0.05) is 19.6 Å². The van der Waals surface area contributed by atoms with E-state index in [0.717, 1.165) is 17.9 Å². The van der Waals surface area contributed by atoms with Gasteiger partial charge in [0.1, 0.15) is 12.0 Å². The second-order valence-electron chi connectivity index (χ2n) is 7.71. The number of benzene rings is 2. The summed E-state index contributed by atoms with van der Waals surface area (Å²) in [6.45, 7) is 6.63. The first kappa shape index (κ1) is 21.6. The topological polar surface area (TPSA) is 67.6 Å². The Bertz CT molecular complexity index is 938. The minimum atomic E-state index is -0.207. The SMILES string of the molecule is COc1cccc(CN(Cc2ccccc2)Cc2nc(C(=O)NCC(C)C)co2)c1. The summed E-state index contributed by atoms with van der Waals surface area (Å²) in [5, 5.41) is 2.87. The van der Waals surface area contributed by atoms with Crippen LogP contribution < -0.4 is 10.1 Å². The van der Waals surface area contributed by atoms with E-state index in [1.807, 2.05) is 36.4 Å². The number of amides is 1. The van der Waals surface area contributed by atoms with E-state index in [1.54, 1.807) is 7.11 Å². The fourth-order valence-corrected chi connectivity index (χ4v) is 3.10. The standard InChI is InChI=1S/C24H29N3O3/c1-18(2)13-25-24(28)22-17-30-23(26-22)16-27(14-19-8-5-4-6-9-19)15-20-10-7-11-21(12-20)29-3/h4-12,17-18H,13-16H2,1-3H3,(H,25,28). The number of hydrogen-bond donors (Lipinski definition) is 1. The highest BCUT2D eigenvalue weighted by molar-refractivity contribution is 5.91. The Hall–Kier alpha value is -3.12. The van der Waals surface area contributed by atoms with E-state index >= 15 is 0 Å². The lowest BCUT2D eigenvalue weighted by Crippen LogP contribution is -2.27. The van der Waals surface area contributed by atoms with Crippen molar-refractivity contribution in [3.05, 3.63) is 83.6 Å². The van der Waals surface area contributed by atoms with Crippen LogP contribution in [0.15, 0.2) is 65.3 Å². The molecule has 0 aliphatic heterocycles. The van der Waals surface area contributed by atoms with Crippen LogP contribution in [0.5, 0.6) is 5.75 Å². The summed E-state index contributed by atoms with van der Waals surface area (Å²) in [5.74, 6) is 1.52. The Morgan fingerprint density at radius 1 is 1.07 bits per heavy atom. The number of nitrogens with one attached hydrogen (secondary N) is 1. The van der Waals surface area contributed by atoms with Crippen molar-refractivity contribution in [3.8, 4) is 5.75 Å². The highest BCUT2D eigenvalue weighted by atomic mass is 16.5. The largest absolute Gasteiger partial charge is 0.497 e. The number of ether oxygens (including phenoxy) is 1. The minimum Gasteiger partial charge on any atom is -0.497 e. The van der Waals surface area contributed by atoms with Gasteiger partial charge >= 0.3 is 0 Å². The van der Waals surface area contributed by atoms with E-state index < -0.39 is 0 Å². The van der Waals surface area contributed by atoms with Gasteiger partial charge in [0.15, 0.2) is 5.69 Å². The van der Waals surface area contributed by atoms with Gasteiger partial charge in [-0.15, -0.1) is 0 Å². The van der Waals surface area contributed by atoms with Crippen LogP contribution >= 0.6 is 0 Å². The van der Waals surface area contributed by atoms with Crippen molar-refractivity contribution in [2.45, 2.75) is 33.5 Å². The monoisotopic (exact) mass is 407 g/mol. The molecule has 0 fully saturated rings. The number of carbonyl (C=O) groups is 1. The van der Waals surface area contributed by atoms with Gasteiger partial charge in [-0.1, -0.05) is 56.3 Å². The lowest BCUT2D eigenvalue weighted by Gasteiger charge is -2.21. The zero-order valence-corrected chi connectivity index (χ0v) is 17.8. The van der Waals surface area contributed by atoms with Crippen molar-refractivity contribution in [1.29, 1.82) is 0 Å². The first-order valence-electron chi connectivity index (χ1n) is 10.2. The highest BCUT2D eigenvalue weighted by Gasteiger charge is 2.16. The molecule has 0 saturated carbocycles. The fraction of sp³-hybridized carbons (Fsp3) is 0.333. The number of carbonyl (C=O) groups excluding carboxylic acids is 1. The molecule has 0 spiro atoms. The molecule has 30 heavy (non-hydrogen) atoms. The minimum absolute atomic E-state index is 0.207. The van der Waals surface area contributed by atoms with Gasteiger partial charge < -0.3 is 14.5 Å². The van der Waals surface area contributed by atoms with Crippen LogP contribution in [0, 0.1) is 5.92 Å². The zero-order chi connectivity index (χ0) is 21.3. The van der Waals surface area contributed by atoms with Gasteiger partial charge in [0.2, 0.25) is 5.89 Å². The Morgan fingerprint density at radius 2 is 1.80 bits per heavy atom. The third-order valence-electron chi connectivity index (χ3n) is 4.60. The van der Waals surface area contributed by atoms with Crippen LogP contribution in [-0.2, 0) is 19.6 Å². The van der Waals surface area contributed by atoms with E-state index in [9.17, 15) is 4.79 Å². The quantitative estimate of drug-likeness (QED) is 0.544. The van der Waals surface area contributed by atoms with E-state index in [-0.39, 0.29) is 5.91 Å². The number of aromatic nitrogens is 1. The summed E-state index contributed by atoms with van der Waals surface area (Å²) in [6.07, 6.45) is 1.43. The molecule has 3 aromatic rings. The molecule has 1 heterocycles. The van der Waals surface area contributed by atoms with Crippen LogP contribution in [-0.4, -0.2) is 29.4 Å². The van der Waals surface area contributed by atoms with Gasteiger partial charge in [-0.05, 0) is 29.2 Å². The highest BCUT2D eigenvalue weighted by Crippen LogP contribution is 2.18. The van der Waals surface area contributed by atoms with E-state index in [2.05, 4.69) is 47.2 Å². The molecular weight excluding hydrogens is 378 g/mol. The fourth-order valence-electron chi connectivity index (χ4n) is 3.10. The lowest BCUT2D eigenvalue weighted by atomic mass is 10.1. The predicted octanol–water partition coefficient (Wildman–Crippen LogP) is 4.27. The molecule has 0 aliphatic carbocycles. The zero-order valence-electron chi connectivity index (χ0n) is 17.8. The molecule has 0 bridgehead atoms. The molecule has 6 heteroatoms. The Kier molecular flexibility index (Phi) is 7.63. The van der Waals surface area contributed by atoms with Crippen molar-refractivity contribution >= 4 is 5.91 Å². The molecular formula is C24H29N3O3.